The molecule has 3 aromatic rings. The summed E-state index contributed by atoms with van der Waals surface area (Å²) in [5.41, 5.74) is 1.32. The van der Waals surface area contributed by atoms with Crippen LogP contribution in [-0.2, 0) is 4.79 Å². The Labute approximate surface area is 158 Å². The molecule has 0 spiro atoms. The fourth-order valence-electron chi connectivity index (χ4n) is 2.53. The van der Waals surface area contributed by atoms with E-state index in [1.165, 1.54) is 40.7 Å². The van der Waals surface area contributed by atoms with Crippen molar-refractivity contribution in [1.29, 1.82) is 0 Å². The maximum atomic E-state index is 13.3. The van der Waals surface area contributed by atoms with Gasteiger partial charge in [0.1, 0.15) is 16.8 Å². The first-order chi connectivity index (χ1) is 13.1. The highest BCUT2D eigenvalue weighted by molar-refractivity contribution is 8.00. The molecule has 2 N–H and O–H groups in total. The number of nitrogens with one attached hydrogen (secondary N) is 1. The normalized spacial score (nSPS) is 14.7. The molecule has 0 aliphatic heterocycles. The van der Waals surface area contributed by atoms with Gasteiger partial charge < -0.3 is 10.4 Å². The van der Waals surface area contributed by atoms with Crippen LogP contribution in [0.4, 0.5) is 4.39 Å². The van der Waals surface area contributed by atoms with E-state index in [1.807, 2.05) is 0 Å². The summed E-state index contributed by atoms with van der Waals surface area (Å²) in [4.78, 5) is 12.8. The first kappa shape index (κ1) is 17.5. The van der Waals surface area contributed by atoms with E-state index < -0.39 is 5.25 Å². The molecule has 2 aromatic carbocycles. The van der Waals surface area contributed by atoms with Crippen LogP contribution >= 0.6 is 11.8 Å². The number of carbonyl (C=O) groups excluding carboxylic acids is 1. The van der Waals surface area contributed by atoms with Crippen LogP contribution in [0, 0.1) is 5.82 Å². The molecule has 1 aliphatic rings. The summed E-state index contributed by atoms with van der Waals surface area (Å²) in [6.07, 6.45) is 1.94. The molecule has 138 valence electrons. The van der Waals surface area contributed by atoms with Gasteiger partial charge in [-0.15, -0.1) is 5.10 Å². The fraction of sp³-hybridized carbons (Fsp3) is 0.222. The zero-order valence-electron chi connectivity index (χ0n) is 14.1. The van der Waals surface area contributed by atoms with Gasteiger partial charge in [-0.3, -0.25) is 4.79 Å². The van der Waals surface area contributed by atoms with E-state index in [0.717, 1.165) is 12.8 Å². The summed E-state index contributed by atoms with van der Waals surface area (Å²) < 4.78 is 14.8. The third kappa shape index (κ3) is 4.08. The van der Waals surface area contributed by atoms with Crippen molar-refractivity contribution in [1.82, 2.24) is 25.5 Å². The smallest absolute Gasteiger partial charge is 0.238 e. The van der Waals surface area contributed by atoms with E-state index >= 15 is 0 Å². The summed E-state index contributed by atoms with van der Waals surface area (Å²) in [7, 11) is 0. The fourth-order valence-corrected chi connectivity index (χ4v) is 3.53. The topological polar surface area (TPSA) is 92.9 Å². The first-order valence-electron chi connectivity index (χ1n) is 8.40. The van der Waals surface area contributed by atoms with Crippen molar-refractivity contribution < 1.29 is 14.3 Å². The van der Waals surface area contributed by atoms with E-state index in [2.05, 4.69) is 20.8 Å². The summed E-state index contributed by atoms with van der Waals surface area (Å²) >= 11 is 1.19. The summed E-state index contributed by atoms with van der Waals surface area (Å²) in [5.74, 6) is -0.387. The molecule has 0 bridgehead atoms. The van der Waals surface area contributed by atoms with Crippen LogP contribution in [0.25, 0.3) is 5.69 Å². The molecule has 1 atom stereocenters. The number of phenols is 1. The highest BCUT2D eigenvalue weighted by atomic mass is 32.2. The molecule has 1 aliphatic carbocycles. The quantitative estimate of drug-likeness (QED) is 0.634. The number of nitrogens with zero attached hydrogens (tertiary/aromatic N) is 4. The minimum Gasteiger partial charge on any atom is -0.508 e. The number of benzene rings is 2. The van der Waals surface area contributed by atoms with Gasteiger partial charge in [-0.2, -0.15) is 4.68 Å². The SMILES string of the molecule is O=C(NC1CC1)C(Sc1nnnn1-c1ccc(O)cc1)c1ccc(F)cc1. The highest BCUT2D eigenvalue weighted by Gasteiger charge is 2.30. The zero-order chi connectivity index (χ0) is 18.8. The molecule has 1 fully saturated rings. The summed E-state index contributed by atoms with van der Waals surface area (Å²) in [6, 6.07) is 12.5. The molecule has 1 heterocycles. The number of hydrogen-bond donors (Lipinski definition) is 2. The lowest BCUT2D eigenvalue weighted by Crippen LogP contribution is -2.30. The van der Waals surface area contributed by atoms with Crippen LogP contribution in [0.3, 0.4) is 0 Å². The van der Waals surface area contributed by atoms with Crippen molar-refractivity contribution in [2.75, 3.05) is 0 Å². The van der Waals surface area contributed by atoms with Gasteiger partial charge in [0.25, 0.3) is 0 Å². The lowest BCUT2D eigenvalue weighted by Gasteiger charge is -2.16. The molecule has 1 unspecified atom stereocenters. The monoisotopic (exact) mass is 385 g/mol. The predicted octanol–water partition coefficient (Wildman–Crippen LogP) is 2.62. The van der Waals surface area contributed by atoms with Gasteiger partial charge in [0, 0.05) is 6.04 Å². The van der Waals surface area contributed by atoms with E-state index in [1.54, 1.807) is 24.3 Å². The highest BCUT2D eigenvalue weighted by Crippen LogP contribution is 2.36. The zero-order valence-corrected chi connectivity index (χ0v) is 14.9. The molecule has 1 saturated carbocycles. The molecular weight excluding hydrogens is 369 g/mol. The van der Waals surface area contributed by atoms with Crippen molar-refractivity contribution in [3.63, 3.8) is 0 Å². The number of amides is 1. The third-order valence-electron chi connectivity index (χ3n) is 4.09. The number of hydrogen-bond acceptors (Lipinski definition) is 6. The standard InChI is InChI=1S/C18H16FN5O2S/c19-12-3-1-11(2-4-12)16(17(26)20-13-5-6-13)27-18-21-22-23-24(18)14-7-9-15(25)10-8-14/h1-4,7-10,13,16,25H,5-6H2,(H,20,26). The number of phenolic OH excluding ortho intramolecular Hbond substituents is 1. The van der Waals surface area contributed by atoms with Crippen molar-refractivity contribution in [2.24, 2.45) is 0 Å². The Morgan fingerprint density at radius 3 is 2.56 bits per heavy atom. The predicted molar refractivity (Wildman–Crippen MR) is 97.0 cm³/mol. The van der Waals surface area contributed by atoms with Crippen molar-refractivity contribution in [3.05, 3.63) is 59.9 Å². The maximum absolute atomic E-state index is 13.3. The Morgan fingerprint density at radius 2 is 1.89 bits per heavy atom. The average molecular weight is 385 g/mol. The average Bonchev–Trinajstić information content (AvgIpc) is 3.36. The number of halogens is 1. The molecule has 4 rings (SSSR count). The molecule has 9 heteroatoms. The van der Waals surface area contributed by atoms with Crippen LogP contribution in [0.15, 0.2) is 53.7 Å². The lowest BCUT2D eigenvalue weighted by molar-refractivity contribution is -0.120. The van der Waals surface area contributed by atoms with Crippen LogP contribution in [0.2, 0.25) is 0 Å². The number of carbonyl (C=O) groups is 1. The Kier molecular flexibility index (Phi) is 4.76. The first-order valence-corrected chi connectivity index (χ1v) is 9.28. The molecule has 27 heavy (non-hydrogen) atoms. The van der Waals surface area contributed by atoms with Gasteiger partial charge in [-0.1, -0.05) is 23.9 Å². The number of aromatic nitrogens is 4. The van der Waals surface area contributed by atoms with Crippen molar-refractivity contribution >= 4 is 17.7 Å². The second-order valence-electron chi connectivity index (χ2n) is 6.22. The molecule has 1 amide bonds. The lowest BCUT2D eigenvalue weighted by atomic mass is 10.1. The number of rotatable bonds is 6. The van der Waals surface area contributed by atoms with E-state index in [4.69, 9.17) is 0 Å². The Hall–Kier alpha value is -2.94. The summed E-state index contributed by atoms with van der Waals surface area (Å²) in [6.45, 7) is 0. The van der Waals surface area contributed by atoms with Gasteiger partial charge in [0.2, 0.25) is 11.1 Å². The van der Waals surface area contributed by atoms with Crippen LogP contribution in [0.5, 0.6) is 5.75 Å². The van der Waals surface area contributed by atoms with Gasteiger partial charge >= 0.3 is 0 Å². The van der Waals surface area contributed by atoms with Crippen molar-refractivity contribution in [3.8, 4) is 11.4 Å². The van der Waals surface area contributed by atoms with Gasteiger partial charge in [0.05, 0.1) is 5.69 Å². The third-order valence-corrected chi connectivity index (χ3v) is 5.28. The number of aromatic hydroxyl groups is 1. The van der Waals surface area contributed by atoms with Crippen LogP contribution in [0.1, 0.15) is 23.7 Å². The van der Waals surface area contributed by atoms with E-state index in [9.17, 15) is 14.3 Å². The number of tetrazole rings is 1. The minimum absolute atomic E-state index is 0.133. The van der Waals surface area contributed by atoms with Crippen molar-refractivity contribution in [2.45, 2.75) is 29.3 Å². The Balaban J connectivity index is 1.63. The molecule has 0 saturated heterocycles. The van der Waals surface area contributed by atoms with E-state index in [-0.39, 0.29) is 23.5 Å². The molecule has 7 nitrogen and oxygen atoms in total. The molecule has 0 radical (unpaired) electrons. The molecule has 1 aromatic heterocycles. The van der Waals surface area contributed by atoms with Gasteiger partial charge in [0.15, 0.2) is 0 Å². The second kappa shape index (κ2) is 7.36. The number of thioether (sulfide) groups is 1. The van der Waals surface area contributed by atoms with E-state index in [0.29, 0.717) is 16.4 Å². The maximum Gasteiger partial charge on any atom is 0.238 e. The second-order valence-corrected chi connectivity index (χ2v) is 7.29. The van der Waals surface area contributed by atoms with Gasteiger partial charge in [-0.25, -0.2) is 4.39 Å². The van der Waals surface area contributed by atoms with Gasteiger partial charge in [-0.05, 0) is 65.2 Å². The summed E-state index contributed by atoms with van der Waals surface area (Å²) in [5, 5.41) is 23.9. The molecular formula is C18H16FN5O2S. The largest absolute Gasteiger partial charge is 0.508 e. The van der Waals surface area contributed by atoms with Crippen LogP contribution in [-0.4, -0.2) is 37.3 Å². The van der Waals surface area contributed by atoms with Crippen LogP contribution < -0.4 is 5.32 Å². The Bertz CT molecular complexity index is 941. The minimum atomic E-state index is -0.618. The Morgan fingerprint density at radius 1 is 1.19 bits per heavy atom.